The van der Waals surface area contributed by atoms with Crippen molar-refractivity contribution in [1.29, 1.82) is 0 Å². The normalized spacial score (nSPS) is 21.7. The van der Waals surface area contributed by atoms with Crippen molar-refractivity contribution in [3.8, 4) is 0 Å². The Morgan fingerprint density at radius 3 is 2.75 bits per heavy atom. The molecule has 5 nitrogen and oxygen atoms in total. The van der Waals surface area contributed by atoms with Gasteiger partial charge < -0.3 is 15.3 Å². The number of carbonyl (C=O) groups is 2. The van der Waals surface area contributed by atoms with Crippen LogP contribution >= 0.6 is 0 Å². The molecule has 1 heterocycles. The van der Waals surface area contributed by atoms with Crippen molar-refractivity contribution in [3.05, 3.63) is 0 Å². The SMILES string of the molecule is CN1CCCCC1CNC(=O)CCC(=O)O. The highest BCUT2D eigenvalue weighted by atomic mass is 16.4. The van der Waals surface area contributed by atoms with E-state index in [4.69, 9.17) is 5.11 Å². The van der Waals surface area contributed by atoms with Crippen LogP contribution in [0.15, 0.2) is 0 Å². The summed E-state index contributed by atoms with van der Waals surface area (Å²) in [6.45, 7) is 1.71. The maximum absolute atomic E-state index is 11.3. The second-order valence-corrected chi connectivity index (χ2v) is 4.33. The second-order valence-electron chi connectivity index (χ2n) is 4.33. The molecule has 0 aromatic heterocycles. The van der Waals surface area contributed by atoms with Crippen molar-refractivity contribution in [2.24, 2.45) is 0 Å². The predicted octanol–water partition coefficient (Wildman–Crippen LogP) is 0.452. The van der Waals surface area contributed by atoms with Gasteiger partial charge in [0.25, 0.3) is 0 Å². The third-order valence-corrected chi connectivity index (χ3v) is 3.02. The zero-order valence-electron chi connectivity index (χ0n) is 9.74. The van der Waals surface area contributed by atoms with Crippen LogP contribution in [-0.2, 0) is 9.59 Å². The lowest BCUT2D eigenvalue weighted by Crippen LogP contribution is -2.44. The Labute approximate surface area is 95.8 Å². The number of carbonyl (C=O) groups excluding carboxylic acids is 1. The molecule has 1 rings (SSSR count). The standard InChI is InChI=1S/C11H20N2O3/c1-13-7-3-2-4-9(13)8-12-10(14)5-6-11(15)16/h9H,2-8H2,1H3,(H,12,14)(H,15,16). The van der Waals surface area contributed by atoms with Crippen molar-refractivity contribution in [2.75, 3.05) is 20.1 Å². The smallest absolute Gasteiger partial charge is 0.303 e. The van der Waals surface area contributed by atoms with Gasteiger partial charge in [-0.3, -0.25) is 9.59 Å². The van der Waals surface area contributed by atoms with Crippen molar-refractivity contribution in [2.45, 2.75) is 38.1 Å². The first-order valence-corrected chi connectivity index (χ1v) is 5.78. The fraction of sp³-hybridized carbons (Fsp3) is 0.818. The lowest BCUT2D eigenvalue weighted by Gasteiger charge is -2.32. The quantitative estimate of drug-likeness (QED) is 0.717. The van der Waals surface area contributed by atoms with E-state index in [-0.39, 0.29) is 18.7 Å². The Bertz CT molecular complexity index is 256. The molecule has 1 amide bonds. The minimum Gasteiger partial charge on any atom is -0.481 e. The number of hydrogen-bond donors (Lipinski definition) is 2. The van der Waals surface area contributed by atoms with E-state index in [9.17, 15) is 9.59 Å². The molecular weight excluding hydrogens is 208 g/mol. The number of likely N-dealkylation sites (N-methyl/N-ethyl adjacent to an activating group) is 1. The van der Waals surface area contributed by atoms with E-state index in [0.717, 1.165) is 13.0 Å². The van der Waals surface area contributed by atoms with Gasteiger partial charge in [-0.05, 0) is 26.4 Å². The Morgan fingerprint density at radius 2 is 2.12 bits per heavy atom. The fourth-order valence-electron chi connectivity index (χ4n) is 1.94. The lowest BCUT2D eigenvalue weighted by molar-refractivity contribution is -0.138. The number of hydrogen-bond acceptors (Lipinski definition) is 3. The zero-order valence-corrected chi connectivity index (χ0v) is 9.74. The molecule has 5 heteroatoms. The van der Waals surface area contributed by atoms with E-state index < -0.39 is 5.97 Å². The molecule has 1 atom stereocenters. The van der Waals surface area contributed by atoms with Crippen LogP contribution in [0.4, 0.5) is 0 Å². The van der Waals surface area contributed by atoms with Gasteiger partial charge in [-0.25, -0.2) is 0 Å². The molecule has 2 N–H and O–H groups in total. The highest BCUT2D eigenvalue weighted by Gasteiger charge is 2.19. The van der Waals surface area contributed by atoms with Crippen molar-refractivity contribution in [1.82, 2.24) is 10.2 Å². The summed E-state index contributed by atoms with van der Waals surface area (Å²) in [5.74, 6) is -1.09. The van der Waals surface area contributed by atoms with Gasteiger partial charge >= 0.3 is 5.97 Å². The third kappa shape index (κ3) is 4.61. The Kier molecular flexibility index (Phi) is 5.25. The Morgan fingerprint density at radius 1 is 1.38 bits per heavy atom. The molecule has 16 heavy (non-hydrogen) atoms. The summed E-state index contributed by atoms with van der Waals surface area (Å²) >= 11 is 0. The van der Waals surface area contributed by atoms with Crippen LogP contribution in [-0.4, -0.2) is 48.1 Å². The monoisotopic (exact) mass is 228 g/mol. The lowest BCUT2D eigenvalue weighted by atomic mass is 10.0. The number of carboxylic acids is 1. The molecule has 0 bridgehead atoms. The van der Waals surface area contributed by atoms with E-state index in [1.807, 2.05) is 0 Å². The van der Waals surface area contributed by atoms with E-state index in [2.05, 4.69) is 17.3 Å². The van der Waals surface area contributed by atoms with Crippen LogP contribution < -0.4 is 5.32 Å². The van der Waals surface area contributed by atoms with Gasteiger partial charge in [-0.1, -0.05) is 6.42 Å². The molecular formula is C11H20N2O3. The molecule has 0 aromatic carbocycles. The van der Waals surface area contributed by atoms with Gasteiger partial charge in [0.15, 0.2) is 0 Å². The van der Waals surface area contributed by atoms with Crippen LogP contribution in [0, 0.1) is 0 Å². The molecule has 1 aliphatic rings. The molecule has 92 valence electrons. The molecule has 1 unspecified atom stereocenters. The minimum absolute atomic E-state index is 0.0752. The summed E-state index contributed by atoms with van der Waals surface area (Å²) < 4.78 is 0. The number of piperidine rings is 1. The molecule has 0 aromatic rings. The molecule has 0 saturated carbocycles. The van der Waals surface area contributed by atoms with Crippen LogP contribution in [0.3, 0.4) is 0 Å². The van der Waals surface area contributed by atoms with Crippen LogP contribution in [0.1, 0.15) is 32.1 Å². The molecule has 0 aliphatic carbocycles. The highest BCUT2D eigenvalue weighted by molar-refractivity contribution is 5.80. The number of aliphatic carboxylic acids is 1. The van der Waals surface area contributed by atoms with Gasteiger partial charge in [0, 0.05) is 19.0 Å². The van der Waals surface area contributed by atoms with E-state index in [1.165, 1.54) is 12.8 Å². The summed E-state index contributed by atoms with van der Waals surface area (Å²) in [5, 5.41) is 11.2. The fourth-order valence-corrected chi connectivity index (χ4v) is 1.94. The molecule has 1 aliphatic heterocycles. The summed E-state index contributed by atoms with van der Waals surface area (Å²) in [4.78, 5) is 23.8. The topological polar surface area (TPSA) is 69.6 Å². The van der Waals surface area contributed by atoms with Crippen molar-refractivity contribution in [3.63, 3.8) is 0 Å². The number of carboxylic acid groups (broad SMARTS) is 1. The zero-order chi connectivity index (χ0) is 12.0. The average molecular weight is 228 g/mol. The van der Waals surface area contributed by atoms with Crippen molar-refractivity contribution < 1.29 is 14.7 Å². The molecule has 1 fully saturated rings. The third-order valence-electron chi connectivity index (χ3n) is 3.02. The summed E-state index contributed by atoms with van der Waals surface area (Å²) in [5.41, 5.74) is 0. The van der Waals surface area contributed by atoms with E-state index in [0.29, 0.717) is 12.6 Å². The maximum Gasteiger partial charge on any atom is 0.303 e. The number of rotatable bonds is 5. The summed E-state index contributed by atoms with van der Waals surface area (Å²) in [6.07, 6.45) is 3.52. The first kappa shape index (κ1) is 13.0. The molecule has 0 radical (unpaired) electrons. The van der Waals surface area contributed by atoms with E-state index in [1.54, 1.807) is 0 Å². The van der Waals surface area contributed by atoms with Gasteiger partial charge in [0.1, 0.15) is 0 Å². The average Bonchev–Trinajstić information content (AvgIpc) is 2.25. The Balaban J connectivity index is 2.17. The van der Waals surface area contributed by atoms with Crippen LogP contribution in [0.2, 0.25) is 0 Å². The van der Waals surface area contributed by atoms with Gasteiger partial charge in [-0.2, -0.15) is 0 Å². The first-order valence-electron chi connectivity index (χ1n) is 5.78. The maximum atomic E-state index is 11.3. The molecule has 1 saturated heterocycles. The van der Waals surface area contributed by atoms with Gasteiger partial charge in [-0.15, -0.1) is 0 Å². The van der Waals surface area contributed by atoms with Crippen LogP contribution in [0.5, 0.6) is 0 Å². The highest BCUT2D eigenvalue weighted by Crippen LogP contribution is 2.13. The number of nitrogens with zero attached hydrogens (tertiary/aromatic N) is 1. The largest absolute Gasteiger partial charge is 0.481 e. The Hall–Kier alpha value is -1.10. The summed E-state index contributed by atoms with van der Waals surface area (Å²) in [7, 11) is 2.06. The van der Waals surface area contributed by atoms with Crippen molar-refractivity contribution >= 4 is 11.9 Å². The minimum atomic E-state index is -0.926. The van der Waals surface area contributed by atoms with Gasteiger partial charge in [0.05, 0.1) is 6.42 Å². The number of likely N-dealkylation sites (tertiary alicyclic amines) is 1. The van der Waals surface area contributed by atoms with Gasteiger partial charge in [0.2, 0.25) is 5.91 Å². The predicted molar refractivity (Wildman–Crippen MR) is 60.1 cm³/mol. The molecule has 0 spiro atoms. The number of amides is 1. The summed E-state index contributed by atoms with van der Waals surface area (Å²) in [6, 6.07) is 0.405. The number of nitrogens with one attached hydrogen (secondary N) is 1. The first-order chi connectivity index (χ1) is 7.59. The van der Waals surface area contributed by atoms with Crippen LogP contribution in [0.25, 0.3) is 0 Å². The second kappa shape index (κ2) is 6.48. The van der Waals surface area contributed by atoms with E-state index >= 15 is 0 Å².